The number of ether oxygens (including phenoxy) is 1. The Bertz CT molecular complexity index is 708. The van der Waals surface area contributed by atoms with Crippen molar-refractivity contribution in [3.63, 3.8) is 0 Å². The molecule has 0 aromatic heterocycles. The fourth-order valence-corrected chi connectivity index (χ4v) is 6.26. The number of rotatable bonds is 4. The maximum absolute atomic E-state index is 5.98. The highest BCUT2D eigenvalue weighted by Gasteiger charge is 2.33. The summed E-state index contributed by atoms with van der Waals surface area (Å²) in [5.74, 6) is 1.09. The maximum Gasteiger partial charge on any atom is 0.122 e. The van der Waals surface area contributed by atoms with Gasteiger partial charge in [-0.3, -0.25) is 0 Å². The fraction of sp³-hybridized carbons (Fsp3) is 0.565. The molecule has 0 saturated carbocycles. The zero-order chi connectivity index (χ0) is 19.7. The Labute approximate surface area is 157 Å². The molecule has 0 unspecified atom stereocenters. The van der Waals surface area contributed by atoms with E-state index in [1.54, 1.807) is 0 Å². The van der Waals surface area contributed by atoms with Gasteiger partial charge in [-0.05, 0) is 63.3 Å². The predicted octanol–water partition coefficient (Wildman–Crippen LogP) is 6.45. The van der Waals surface area contributed by atoms with Crippen LogP contribution in [-0.2, 0) is 5.41 Å². The second-order valence-corrected chi connectivity index (χ2v) is 13.7. The summed E-state index contributed by atoms with van der Waals surface area (Å²) in [6.45, 7) is 25.2. The summed E-state index contributed by atoms with van der Waals surface area (Å²) in [4.78, 5) is 0. The normalized spacial score (nSPS) is 13.4. The van der Waals surface area contributed by atoms with Crippen molar-refractivity contribution >= 4 is 13.3 Å². The average Bonchev–Trinajstić information content (AvgIpc) is 2.50. The highest BCUT2D eigenvalue weighted by atomic mass is 28.3. The van der Waals surface area contributed by atoms with Crippen molar-refractivity contribution in [3.05, 3.63) is 45.2 Å². The predicted molar refractivity (Wildman–Crippen MR) is 116 cm³/mol. The largest absolute Gasteiger partial charge is 0.497 e. The molecule has 0 N–H and O–H groups in total. The number of hydrogen-bond acceptors (Lipinski definition) is 1. The molecule has 0 heterocycles. The van der Waals surface area contributed by atoms with Crippen LogP contribution in [0.5, 0.6) is 5.75 Å². The zero-order valence-electron chi connectivity index (χ0n) is 18.6. The molecule has 0 atom stereocenters. The van der Waals surface area contributed by atoms with Crippen LogP contribution in [0.25, 0.3) is 0 Å². The lowest BCUT2D eigenvalue weighted by atomic mass is 9.85. The molecule has 2 heteroatoms. The molecule has 0 saturated heterocycles. The van der Waals surface area contributed by atoms with Crippen LogP contribution in [0.1, 0.15) is 66.5 Å². The maximum atomic E-state index is 5.98. The summed E-state index contributed by atoms with van der Waals surface area (Å²) in [6.07, 6.45) is 0. The summed E-state index contributed by atoms with van der Waals surface area (Å²) in [7, 11) is -0.0206. The Morgan fingerprint density at radius 2 is 1.44 bits per heavy atom. The molecule has 1 nitrogen and oxygen atoms in total. The first-order valence-corrected chi connectivity index (χ1v) is 12.3. The quantitative estimate of drug-likeness (QED) is 0.444. The third-order valence-electron chi connectivity index (χ3n) is 5.73. The molecule has 0 spiro atoms. The van der Waals surface area contributed by atoms with Gasteiger partial charge < -0.3 is 4.74 Å². The molecule has 25 heavy (non-hydrogen) atoms. The van der Waals surface area contributed by atoms with Crippen LogP contribution in [0.4, 0.5) is 0 Å². The smallest absolute Gasteiger partial charge is 0.122 e. The van der Waals surface area contributed by atoms with Crippen molar-refractivity contribution in [3.8, 4) is 5.75 Å². The van der Waals surface area contributed by atoms with E-state index in [1.807, 2.05) is 7.11 Å². The van der Waals surface area contributed by atoms with Crippen molar-refractivity contribution in [2.75, 3.05) is 7.11 Å². The van der Waals surface area contributed by atoms with E-state index in [1.165, 1.54) is 38.2 Å². The Morgan fingerprint density at radius 3 is 1.84 bits per heavy atom. The minimum absolute atomic E-state index is 0.0685. The first-order valence-electron chi connectivity index (χ1n) is 9.27. The van der Waals surface area contributed by atoms with E-state index < -0.39 is 8.07 Å². The number of allylic oxidation sites excluding steroid dienone is 4. The first-order chi connectivity index (χ1) is 11.2. The highest BCUT2D eigenvalue weighted by Crippen LogP contribution is 2.34. The molecular weight excluding hydrogens is 320 g/mol. The molecule has 0 aliphatic heterocycles. The molecule has 0 aliphatic rings. The average molecular weight is 359 g/mol. The summed E-state index contributed by atoms with van der Waals surface area (Å²) < 4.78 is 5.98. The number of hydrogen-bond donors (Lipinski definition) is 0. The summed E-state index contributed by atoms with van der Waals surface area (Å²) in [5, 5.41) is 2.95. The number of benzene rings is 1. The van der Waals surface area contributed by atoms with Crippen molar-refractivity contribution in [1.82, 2.24) is 0 Å². The van der Waals surface area contributed by atoms with Crippen LogP contribution in [0, 0.1) is 6.92 Å². The molecule has 1 aromatic carbocycles. The molecule has 1 aromatic rings. The van der Waals surface area contributed by atoms with Gasteiger partial charge in [-0.1, -0.05) is 67.9 Å². The van der Waals surface area contributed by atoms with Crippen LogP contribution in [0.15, 0.2) is 34.0 Å². The second kappa shape index (κ2) is 7.53. The second-order valence-electron chi connectivity index (χ2n) is 9.14. The van der Waals surface area contributed by atoms with Gasteiger partial charge >= 0.3 is 0 Å². The van der Waals surface area contributed by atoms with Gasteiger partial charge in [0, 0.05) is 0 Å². The number of methoxy groups -OCH3 is 1. The molecule has 0 fully saturated rings. The van der Waals surface area contributed by atoms with Crippen LogP contribution < -0.4 is 9.92 Å². The highest BCUT2D eigenvalue weighted by molar-refractivity contribution is 6.96. The molecule has 0 radical (unpaired) electrons. The molecular formula is C23H38OSi. The van der Waals surface area contributed by atoms with Crippen molar-refractivity contribution in [1.29, 1.82) is 0 Å². The Hall–Kier alpha value is -1.28. The van der Waals surface area contributed by atoms with E-state index in [0.717, 1.165) is 5.75 Å². The van der Waals surface area contributed by atoms with E-state index in [0.29, 0.717) is 0 Å². The minimum Gasteiger partial charge on any atom is -0.497 e. The lowest BCUT2D eigenvalue weighted by Gasteiger charge is -2.32. The monoisotopic (exact) mass is 358 g/mol. The van der Waals surface area contributed by atoms with Crippen molar-refractivity contribution in [2.45, 2.75) is 80.8 Å². The Morgan fingerprint density at radius 1 is 0.920 bits per heavy atom. The molecule has 140 valence electrons. The summed E-state index contributed by atoms with van der Waals surface area (Å²) >= 11 is 0. The van der Waals surface area contributed by atoms with E-state index in [9.17, 15) is 0 Å². The van der Waals surface area contributed by atoms with E-state index in [2.05, 4.69) is 87.5 Å². The van der Waals surface area contributed by atoms with E-state index in [4.69, 9.17) is 4.74 Å². The third-order valence-corrected chi connectivity index (χ3v) is 9.70. The molecule has 1 rings (SSSR count). The molecule has 0 bridgehead atoms. The molecule has 0 aliphatic carbocycles. The van der Waals surface area contributed by atoms with Crippen LogP contribution in [0.3, 0.4) is 0 Å². The van der Waals surface area contributed by atoms with Gasteiger partial charge in [-0.25, -0.2) is 0 Å². The van der Waals surface area contributed by atoms with Crippen molar-refractivity contribution < 1.29 is 4.74 Å². The van der Waals surface area contributed by atoms with E-state index >= 15 is 0 Å². The zero-order valence-corrected chi connectivity index (χ0v) is 19.6. The third kappa shape index (κ3) is 4.47. The minimum atomic E-state index is -1.84. The number of aryl methyl sites for hydroxylation is 1. The van der Waals surface area contributed by atoms with E-state index in [-0.39, 0.29) is 5.41 Å². The Kier molecular flexibility index (Phi) is 6.55. The van der Waals surface area contributed by atoms with Crippen LogP contribution in [0.2, 0.25) is 13.1 Å². The SMILES string of the molecule is COc1c(C(C)(C)C)cc(C)cc1[Si](C)(C)C(C)=C(C)C(C)=C(C)C. The van der Waals surface area contributed by atoms with Gasteiger partial charge in [0.05, 0.1) is 7.11 Å². The van der Waals surface area contributed by atoms with Gasteiger partial charge in [0.25, 0.3) is 0 Å². The Balaban J connectivity index is 3.78. The van der Waals surface area contributed by atoms with Gasteiger partial charge in [-0.15, -0.1) is 0 Å². The fourth-order valence-electron chi connectivity index (χ4n) is 3.34. The lowest BCUT2D eigenvalue weighted by Crippen LogP contribution is -2.45. The summed E-state index contributed by atoms with van der Waals surface area (Å²) in [5.41, 5.74) is 6.96. The van der Waals surface area contributed by atoms with Crippen LogP contribution in [-0.4, -0.2) is 15.2 Å². The van der Waals surface area contributed by atoms with Gasteiger partial charge in [0.2, 0.25) is 0 Å². The standard InChI is InChI=1S/C23H38OSi/c1-15(2)17(4)18(5)19(6)25(11,12)21-14-16(3)13-20(22(21)24-10)23(7,8)9/h13-14H,1-12H3. The summed E-state index contributed by atoms with van der Waals surface area (Å²) in [6, 6.07) is 4.65. The first kappa shape index (κ1) is 21.8. The van der Waals surface area contributed by atoms with Gasteiger partial charge in [0.1, 0.15) is 13.8 Å². The van der Waals surface area contributed by atoms with Gasteiger partial charge in [0.15, 0.2) is 0 Å². The molecule has 0 amide bonds. The van der Waals surface area contributed by atoms with Crippen molar-refractivity contribution in [2.24, 2.45) is 0 Å². The lowest BCUT2D eigenvalue weighted by molar-refractivity contribution is 0.400. The van der Waals surface area contributed by atoms with Crippen LogP contribution >= 0.6 is 0 Å². The van der Waals surface area contributed by atoms with Gasteiger partial charge in [-0.2, -0.15) is 0 Å². The topological polar surface area (TPSA) is 9.23 Å².